The summed E-state index contributed by atoms with van der Waals surface area (Å²) in [7, 11) is 1.35. The highest BCUT2D eigenvalue weighted by atomic mass is 127. The number of nitrogens with two attached hydrogens (primary N) is 2. The summed E-state index contributed by atoms with van der Waals surface area (Å²) in [4.78, 5) is 113. The zero-order chi connectivity index (χ0) is 43.6. The SMILES string of the molecule is CNC(=O)[C@H](CCN=C(N)N)NC(=O)[C@H](C)NC(=O)[C@H](CC(=O)O)OC(=O)COCC(=O)NCCOCCOCCNC(=O)[C@H](CC1=CCC(=O)C(I)C1)NC(C)=O. The maximum absolute atomic E-state index is 12.7. The monoisotopic (exact) mass is 939 g/mol. The van der Waals surface area contributed by atoms with Gasteiger partial charge in [-0.2, -0.15) is 0 Å². The Hall–Kier alpha value is -4.95. The summed E-state index contributed by atoms with van der Waals surface area (Å²) in [5, 5.41) is 24.1. The molecule has 0 bridgehead atoms. The minimum absolute atomic E-state index is 0.0101. The molecule has 0 aromatic carbocycles. The number of ketones is 1. The fraction of sp³-hybridized carbons (Fsp3) is 0.647. The lowest BCUT2D eigenvalue weighted by Gasteiger charge is -2.22. The number of halogens is 1. The molecule has 1 unspecified atom stereocenters. The van der Waals surface area contributed by atoms with Crippen LogP contribution in [0.25, 0.3) is 0 Å². The summed E-state index contributed by atoms with van der Waals surface area (Å²) in [6.07, 6.45) is 0.163. The zero-order valence-electron chi connectivity index (χ0n) is 32.6. The molecule has 1 aliphatic carbocycles. The Kier molecular flexibility index (Phi) is 25.1. The van der Waals surface area contributed by atoms with Gasteiger partial charge in [-0.3, -0.25) is 43.3 Å². The maximum Gasteiger partial charge on any atom is 0.332 e. The molecule has 0 heterocycles. The molecule has 11 N–H and O–H groups in total. The summed E-state index contributed by atoms with van der Waals surface area (Å²) >= 11 is 2.07. The lowest BCUT2D eigenvalue weighted by molar-refractivity contribution is -0.163. The van der Waals surface area contributed by atoms with E-state index in [1.54, 1.807) is 6.08 Å². The van der Waals surface area contributed by atoms with E-state index < -0.39 is 79.4 Å². The van der Waals surface area contributed by atoms with Gasteiger partial charge in [-0.1, -0.05) is 34.2 Å². The predicted molar refractivity (Wildman–Crippen MR) is 212 cm³/mol. The van der Waals surface area contributed by atoms with E-state index in [0.717, 1.165) is 5.57 Å². The smallest absolute Gasteiger partial charge is 0.332 e. The van der Waals surface area contributed by atoms with Crippen LogP contribution >= 0.6 is 22.6 Å². The van der Waals surface area contributed by atoms with E-state index in [-0.39, 0.29) is 80.0 Å². The molecule has 24 heteroatoms. The minimum Gasteiger partial charge on any atom is -0.481 e. The molecule has 23 nitrogen and oxygen atoms in total. The van der Waals surface area contributed by atoms with Gasteiger partial charge in [0, 0.05) is 40.0 Å². The first kappa shape index (κ1) is 51.1. The Morgan fingerprint density at radius 1 is 0.879 bits per heavy atom. The van der Waals surface area contributed by atoms with Crippen LogP contribution in [0.1, 0.15) is 46.0 Å². The number of carboxylic acids is 1. The van der Waals surface area contributed by atoms with Gasteiger partial charge in [-0.25, -0.2) is 4.79 Å². The fourth-order valence-electron chi connectivity index (χ4n) is 4.89. The minimum atomic E-state index is -1.86. The third kappa shape index (κ3) is 22.7. The highest BCUT2D eigenvalue weighted by Crippen LogP contribution is 2.25. The summed E-state index contributed by atoms with van der Waals surface area (Å²) in [5.74, 6) is -6.57. The van der Waals surface area contributed by atoms with Crippen molar-refractivity contribution in [3.63, 3.8) is 0 Å². The largest absolute Gasteiger partial charge is 0.481 e. The summed E-state index contributed by atoms with van der Waals surface area (Å²) in [5.41, 5.74) is 11.5. The number of alkyl halides is 1. The molecule has 0 fully saturated rings. The van der Waals surface area contributed by atoms with E-state index in [2.05, 4.69) is 59.5 Å². The van der Waals surface area contributed by atoms with Gasteiger partial charge < -0.3 is 67.4 Å². The van der Waals surface area contributed by atoms with Gasteiger partial charge in [0.2, 0.25) is 29.5 Å². The van der Waals surface area contributed by atoms with E-state index in [1.165, 1.54) is 20.9 Å². The van der Waals surface area contributed by atoms with E-state index in [1.807, 2.05) is 0 Å². The number of allylic oxidation sites excluding steroid dienone is 1. The number of Topliss-reactive ketones (excluding diaryl/α,β-unsaturated/α-hetero) is 1. The molecule has 6 amide bonds. The number of nitrogens with one attached hydrogen (secondary N) is 6. The van der Waals surface area contributed by atoms with Crippen LogP contribution in [0.4, 0.5) is 0 Å². The molecule has 0 saturated heterocycles. The van der Waals surface area contributed by atoms with Gasteiger partial charge in [0.25, 0.3) is 5.91 Å². The second-order valence-corrected chi connectivity index (χ2v) is 14.1. The van der Waals surface area contributed by atoms with Crippen molar-refractivity contribution in [3.8, 4) is 0 Å². The van der Waals surface area contributed by atoms with Crippen molar-refractivity contribution in [3.05, 3.63) is 11.6 Å². The molecule has 1 aliphatic rings. The van der Waals surface area contributed by atoms with Crippen LogP contribution in [0, 0.1) is 0 Å². The number of rotatable bonds is 28. The number of amides is 6. The van der Waals surface area contributed by atoms with Gasteiger partial charge in [0.05, 0.1) is 36.8 Å². The molecule has 0 spiro atoms. The summed E-state index contributed by atoms with van der Waals surface area (Å²) < 4.78 is 20.6. The molecule has 0 aliphatic heterocycles. The molecular formula is C34H54IN9O14. The molecule has 0 saturated carbocycles. The van der Waals surface area contributed by atoms with Gasteiger partial charge >= 0.3 is 11.9 Å². The number of aliphatic carboxylic acids is 1. The number of likely N-dealkylation sites (N-methyl/N-ethyl adjacent to an activating group) is 1. The highest BCUT2D eigenvalue weighted by molar-refractivity contribution is 14.1. The second-order valence-electron chi connectivity index (χ2n) is 12.6. The van der Waals surface area contributed by atoms with Crippen molar-refractivity contribution in [2.24, 2.45) is 16.5 Å². The number of nitrogens with zero attached hydrogens (tertiary/aromatic N) is 1. The normalized spacial score (nSPS) is 15.6. The summed E-state index contributed by atoms with van der Waals surface area (Å²) in [6.45, 7) is 2.12. The van der Waals surface area contributed by atoms with Crippen molar-refractivity contribution in [2.45, 2.75) is 74.1 Å². The third-order valence-electron chi connectivity index (χ3n) is 7.75. The first-order valence-electron chi connectivity index (χ1n) is 18.1. The molecule has 326 valence electrons. The first-order chi connectivity index (χ1) is 27.4. The van der Waals surface area contributed by atoms with Crippen LogP contribution in [0.15, 0.2) is 16.6 Å². The molecule has 0 radical (unpaired) electrons. The van der Waals surface area contributed by atoms with E-state index >= 15 is 0 Å². The van der Waals surface area contributed by atoms with Crippen LogP contribution < -0.4 is 43.4 Å². The number of hydrogen-bond acceptors (Lipinski definition) is 14. The van der Waals surface area contributed by atoms with Gasteiger partial charge in [-0.15, -0.1) is 0 Å². The number of esters is 1. The van der Waals surface area contributed by atoms with Crippen LogP contribution in [-0.4, -0.2) is 159 Å². The number of ether oxygens (including phenoxy) is 4. The molecule has 5 atom stereocenters. The van der Waals surface area contributed by atoms with Gasteiger partial charge in [-0.05, 0) is 26.2 Å². The Bertz CT molecular complexity index is 1510. The first-order valence-corrected chi connectivity index (χ1v) is 19.4. The number of carbonyl (C=O) groups excluding carboxylic acids is 8. The lowest BCUT2D eigenvalue weighted by Crippen LogP contribution is -2.54. The molecule has 58 heavy (non-hydrogen) atoms. The van der Waals surface area contributed by atoms with Crippen molar-refractivity contribution < 1.29 is 67.2 Å². The molecule has 1 rings (SSSR count). The van der Waals surface area contributed by atoms with Gasteiger partial charge in [0.15, 0.2) is 12.1 Å². The van der Waals surface area contributed by atoms with Crippen LogP contribution in [0.5, 0.6) is 0 Å². The van der Waals surface area contributed by atoms with E-state index in [0.29, 0.717) is 19.3 Å². The van der Waals surface area contributed by atoms with Crippen LogP contribution in [0.2, 0.25) is 0 Å². The predicted octanol–water partition coefficient (Wildman–Crippen LogP) is -3.96. The van der Waals surface area contributed by atoms with Gasteiger partial charge in [0.1, 0.15) is 37.1 Å². The molecule has 0 aromatic rings. The number of hydrogen-bond donors (Lipinski definition) is 9. The Labute approximate surface area is 348 Å². The number of carbonyl (C=O) groups is 9. The fourth-order valence-corrected chi connectivity index (χ4v) is 5.71. The quantitative estimate of drug-likeness (QED) is 0.00688. The second kappa shape index (κ2) is 28.5. The average Bonchev–Trinajstić information content (AvgIpc) is 3.14. The Morgan fingerprint density at radius 3 is 2.12 bits per heavy atom. The molecule has 0 aromatic heterocycles. The van der Waals surface area contributed by atoms with E-state index in [4.69, 9.17) is 30.4 Å². The molecular weight excluding hydrogens is 885 g/mol. The maximum atomic E-state index is 12.7. The van der Waals surface area contributed by atoms with Crippen molar-refractivity contribution in [1.82, 2.24) is 31.9 Å². The van der Waals surface area contributed by atoms with Crippen molar-refractivity contribution in [1.29, 1.82) is 0 Å². The van der Waals surface area contributed by atoms with Crippen LogP contribution in [-0.2, 0) is 62.1 Å². The van der Waals surface area contributed by atoms with Crippen LogP contribution in [0.3, 0.4) is 0 Å². The third-order valence-corrected chi connectivity index (χ3v) is 8.89. The Morgan fingerprint density at radius 2 is 1.53 bits per heavy atom. The average molecular weight is 940 g/mol. The number of carboxylic acid groups (broad SMARTS) is 1. The summed E-state index contributed by atoms with van der Waals surface area (Å²) in [6, 6.07) is -3.14. The van der Waals surface area contributed by atoms with E-state index in [9.17, 15) is 48.3 Å². The lowest BCUT2D eigenvalue weighted by atomic mass is 9.93. The zero-order valence-corrected chi connectivity index (χ0v) is 34.8. The Balaban J connectivity index is 2.32. The van der Waals surface area contributed by atoms with Crippen molar-refractivity contribution in [2.75, 3.05) is 66.3 Å². The number of aliphatic imine (C=N–C) groups is 1. The van der Waals surface area contributed by atoms with Crippen molar-refractivity contribution >= 4 is 81.7 Å². The highest BCUT2D eigenvalue weighted by Gasteiger charge is 2.30. The topological polar surface area (TPSA) is 347 Å². The standard InChI is InChI=1S/C34H54IN9O14/c1-19(30(51)44-23(31(52)38-3)6-7-41-34(36)37)42-33(54)26(16-28(48)49)58-29(50)18-57-17-27(47)39-8-10-55-12-13-56-11-9-40-32(53)24(43-20(2)45)15-21-4-5-25(46)22(35)14-21/h4,19,22-24,26H,5-18H2,1-3H3,(H,38,52)(H,39,47)(H,40,53)(H,42,54)(H,43,45)(H,44,51)(H,48,49)(H4,36,37,41)/t19-,22?,23-,24-,26-/m0/s1. The number of guanidine groups is 1.